The zero-order valence-corrected chi connectivity index (χ0v) is 14.9. The van der Waals surface area contributed by atoms with E-state index in [2.05, 4.69) is 53.7 Å². The van der Waals surface area contributed by atoms with Crippen molar-refractivity contribution in [3.63, 3.8) is 0 Å². The molecule has 0 bridgehead atoms. The number of rotatable bonds is 7. The summed E-state index contributed by atoms with van der Waals surface area (Å²) < 4.78 is 0. The van der Waals surface area contributed by atoms with E-state index in [1.54, 1.807) is 11.8 Å². The van der Waals surface area contributed by atoms with Gasteiger partial charge in [0, 0.05) is 18.0 Å². The molecule has 0 radical (unpaired) electrons. The first-order chi connectivity index (χ1) is 11.7. The summed E-state index contributed by atoms with van der Waals surface area (Å²) in [5, 5.41) is 3.12. The van der Waals surface area contributed by atoms with Crippen molar-refractivity contribution in [2.45, 2.75) is 29.5 Å². The SMILES string of the molecule is CN(CCCNC(=O)[C@@H]1Cc2ccccc2S1)Cc1ccccc1. The molecule has 2 aromatic carbocycles. The summed E-state index contributed by atoms with van der Waals surface area (Å²) in [6.07, 6.45) is 1.82. The number of carbonyl (C=O) groups is 1. The highest BCUT2D eigenvalue weighted by atomic mass is 32.2. The van der Waals surface area contributed by atoms with Crippen molar-refractivity contribution in [3.8, 4) is 0 Å². The first-order valence-corrected chi connectivity index (χ1v) is 9.35. The molecular weight excluding hydrogens is 316 g/mol. The number of nitrogens with zero attached hydrogens (tertiary/aromatic N) is 1. The van der Waals surface area contributed by atoms with Gasteiger partial charge in [0.15, 0.2) is 0 Å². The summed E-state index contributed by atoms with van der Waals surface area (Å²) >= 11 is 1.69. The highest BCUT2D eigenvalue weighted by molar-refractivity contribution is 8.01. The predicted molar refractivity (Wildman–Crippen MR) is 100 cm³/mol. The number of benzene rings is 2. The van der Waals surface area contributed by atoms with Crippen LogP contribution in [0.2, 0.25) is 0 Å². The second-order valence-electron chi connectivity index (χ2n) is 6.29. The number of nitrogens with one attached hydrogen (secondary N) is 1. The standard InChI is InChI=1S/C20H24N2OS/c1-22(15-16-8-3-2-4-9-16)13-7-12-21-20(23)19-14-17-10-5-6-11-18(17)24-19/h2-6,8-11,19H,7,12-15H2,1H3,(H,21,23)/t19-/m0/s1. The minimum atomic E-state index is 0.0319. The van der Waals surface area contributed by atoms with Crippen molar-refractivity contribution in [2.75, 3.05) is 20.1 Å². The van der Waals surface area contributed by atoms with Gasteiger partial charge in [-0.1, -0.05) is 48.5 Å². The lowest BCUT2D eigenvalue weighted by molar-refractivity contribution is -0.120. The summed E-state index contributed by atoms with van der Waals surface area (Å²) in [5.41, 5.74) is 2.62. The van der Waals surface area contributed by atoms with E-state index < -0.39 is 0 Å². The minimum Gasteiger partial charge on any atom is -0.355 e. The Morgan fingerprint density at radius 2 is 1.92 bits per heavy atom. The lowest BCUT2D eigenvalue weighted by Crippen LogP contribution is -2.34. The molecule has 0 aromatic heterocycles. The van der Waals surface area contributed by atoms with E-state index in [0.717, 1.165) is 32.5 Å². The number of hydrogen-bond donors (Lipinski definition) is 1. The van der Waals surface area contributed by atoms with Gasteiger partial charge in [-0.3, -0.25) is 4.79 Å². The Morgan fingerprint density at radius 3 is 2.71 bits per heavy atom. The minimum absolute atomic E-state index is 0.0319. The van der Waals surface area contributed by atoms with Gasteiger partial charge in [-0.25, -0.2) is 0 Å². The number of amides is 1. The van der Waals surface area contributed by atoms with E-state index in [0.29, 0.717) is 0 Å². The molecular formula is C20H24N2OS. The molecule has 2 aromatic rings. The number of hydrogen-bond acceptors (Lipinski definition) is 3. The quantitative estimate of drug-likeness (QED) is 0.785. The molecule has 1 atom stereocenters. The van der Waals surface area contributed by atoms with Crippen LogP contribution in [0.5, 0.6) is 0 Å². The van der Waals surface area contributed by atoms with Crippen molar-refractivity contribution in [2.24, 2.45) is 0 Å². The van der Waals surface area contributed by atoms with Crippen LogP contribution in [-0.2, 0) is 17.8 Å². The van der Waals surface area contributed by atoms with Crippen molar-refractivity contribution >= 4 is 17.7 Å². The van der Waals surface area contributed by atoms with Crippen molar-refractivity contribution in [1.82, 2.24) is 10.2 Å². The zero-order chi connectivity index (χ0) is 16.8. The average molecular weight is 340 g/mol. The third-order valence-corrected chi connectivity index (χ3v) is 5.57. The Hall–Kier alpha value is -1.78. The first kappa shape index (κ1) is 17.1. The van der Waals surface area contributed by atoms with Crippen molar-refractivity contribution in [1.29, 1.82) is 0 Å². The van der Waals surface area contributed by atoms with Crippen LogP contribution in [0.25, 0.3) is 0 Å². The molecule has 1 heterocycles. The van der Waals surface area contributed by atoms with Crippen LogP contribution in [-0.4, -0.2) is 36.2 Å². The van der Waals surface area contributed by atoms with Gasteiger partial charge < -0.3 is 10.2 Å². The molecule has 0 spiro atoms. The largest absolute Gasteiger partial charge is 0.355 e. The third kappa shape index (κ3) is 4.62. The Balaban J connectivity index is 1.34. The van der Waals surface area contributed by atoms with E-state index in [-0.39, 0.29) is 11.2 Å². The van der Waals surface area contributed by atoms with Crippen LogP contribution in [0, 0.1) is 0 Å². The summed E-state index contributed by atoms with van der Waals surface area (Å²) in [4.78, 5) is 15.8. The fourth-order valence-electron chi connectivity index (χ4n) is 2.98. The van der Waals surface area contributed by atoms with Crippen LogP contribution in [0.3, 0.4) is 0 Å². The molecule has 0 saturated carbocycles. The van der Waals surface area contributed by atoms with Gasteiger partial charge in [-0.05, 0) is 43.6 Å². The Bertz CT molecular complexity index is 649. The van der Waals surface area contributed by atoms with E-state index in [9.17, 15) is 4.79 Å². The molecule has 1 aliphatic rings. The van der Waals surface area contributed by atoms with E-state index in [1.807, 2.05) is 18.2 Å². The lowest BCUT2D eigenvalue weighted by Gasteiger charge is -2.17. The Morgan fingerprint density at radius 1 is 1.17 bits per heavy atom. The molecule has 3 nitrogen and oxygen atoms in total. The molecule has 0 fully saturated rings. The molecule has 24 heavy (non-hydrogen) atoms. The molecule has 1 aliphatic heterocycles. The van der Waals surface area contributed by atoms with Crippen LogP contribution in [0.1, 0.15) is 17.5 Å². The van der Waals surface area contributed by atoms with Gasteiger partial charge in [-0.15, -0.1) is 11.8 Å². The van der Waals surface area contributed by atoms with Crippen LogP contribution < -0.4 is 5.32 Å². The molecule has 1 amide bonds. The van der Waals surface area contributed by atoms with Gasteiger partial charge in [0.25, 0.3) is 0 Å². The summed E-state index contributed by atoms with van der Waals surface area (Å²) in [7, 11) is 2.12. The maximum Gasteiger partial charge on any atom is 0.233 e. The number of carbonyl (C=O) groups excluding carboxylic acids is 1. The summed E-state index contributed by atoms with van der Waals surface area (Å²) in [5.74, 6) is 0.168. The second kappa shape index (κ2) is 8.36. The van der Waals surface area contributed by atoms with E-state index in [4.69, 9.17) is 0 Å². The van der Waals surface area contributed by atoms with Crippen LogP contribution in [0.15, 0.2) is 59.5 Å². The maximum atomic E-state index is 12.3. The Kier molecular flexibility index (Phi) is 5.94. The molecule has 126 valence electrons. The maximum absolute atomic E-state index is 12.3. The van der Waals surface area contributed by atoms with Gasteiger partial charge >= 0.3 is 0 Å². The monoisotopic (exact) mass is 340 g/mol. The molecule has 3 rings (SSSR count). The lowest BCUT2D eigenvalue weighted by atomic mass is 10.1. The molecule has 4 heteroatoms. The number of fused-ring (bicyclic) bond motifs is 1. The smallest absolute Gasteiger partial charge is 0.233 e. The van der Waals surface area contributed by atoms with Gasteiger partial charge in [0.2, 0.25) is 5.91 Å². The first-order valence-electron chi connectivity index (χ1n) is 8.47. The van der Waals surface area contributed by atoms with Crippen molar-refractivity contribution < 1.29 is 4.79 Å². The fraction of sp³-hybridized carbons (Fsp3) is 0.350. The fourth-order valence-corrected chi connectivity index (χ4v) is 4.20. The van der Waals surface area contributed by atoms with E-state index >= 15 is 0 Å². The molecule has 0 unspecified atom stereocenters. The predicted octanol–water partition coefficient (Wildman–Crippen LogP) is 3.34. The van der Waals surface area contributed by atoms with Crippen LogP contribution >= 0.6 is 11.8 Å². The molecule has 0 saturated heterocycles. The zero-order valence-electron chi connectivity index (χ0n) is 14.1. The molecule has 1 N–H and O–H groups in total. The average Bonchev–Trinajstić information content (AvgIpc) is 3.04. The van der Waals surface area contributed by atoms with Gasteiger partial charge in [0.1, 0.15) is 0 Å². The third-order valence-electron chi connectivity index (χ3n) is 4.25. The van der Waals surface area contributed by atoms with Gasteiger partial charge in [-0.2, -0.15) is 0 Å². The Labute approximate surface area is 148 Å². The summed E-state index contributed by atoms with van der Waals surface area (Å²) in [6, 6.07) is 18.8. The summed E-state index contributed by atoms with van der Waals surface area (Å²) in [6.45, 7) is 2.67. The second-order valence-corrected chi connectivity index (χ2v) is 7.53. The highest BCUT2D eigenvalue weighted by Crippen LogP contribution is 2.36. The number of thioether (sulfide) groups is 1. The van der Waals surface area contributed by atoms with E-state index in [1.165, 1.54) is 16.0 Å². The van der Waals surface area contributed by atoms with Gasteiger partial charge in [0.05, 0.1) is 5.25 Å². The topological polar surface area (TPSA) is 32.3 Å². The normalized spacial score (nSPS) is 16.2. The highest BCUT2D eigenvalue weighted by Gasteiger charge is 2.27. The van der Waals surface area contributed by atoms with Crippen molar-refractivity contribution in [3.05, 3.63) is 65.7 Å². The van der Waals surface area contributed by atoms with Crippen LogP contribution in [0.4, 0.5) is 0 Å². The molecule has 0 aliphatic carbocycles.